The fraction of sp³-hybridized carbons (Fsp3) is 0.294. The Balaban J connectivity index is 2.57. The van der Waals surface area contributed by atoms with Crippen LogP contribution >= 0.6 is 15.9 Å². The van der Waals surface area contributed by atoms with Crippen LogP contribution in [0.25, 0.3) is 0 Å². The highest BCUT2D eigenvalue weighted by Gasteiger charge is 2.36. The molecule has 1 aliphatic rings. The van der Waals surface area contributed by atoms with Crippen molar-refractivity contribution in [2.24, 2.45) is 5.73 Å². The number of nitriles is 1. The van der Waals surface area contributed by atoms with Crippen LogP contribution in [0.1, 0.15) is 25.3 Å². The summed E-state index contributed by atoms with van der Waals surface area (Å²) < 4.78 is 39.8. The molecule has 0 bridgehead atoms. The van der Waals surface area contributed by atoms with Gasteiger partial charge < -0.3 is 19.9 Å². The Bertz CT molecular complexity index is 831. The van der Waals surface area contributed by atoms with Gasteiger partial charge in [-0.25, -0.2) is 4.79 Å². The van der Waals surface area contributed by atoms with Crippen LogP contribution < -0.4 is 10.5 Å². The van der Waals surface area contributed by atoms with Crippen molar-refractivity contribution < 1.29 is 27.8 Å². The number of nitrogens with two attached hydrogens (primary N) is 1. The van der Waals surface area contributed by atoms with Gasteiger partial charge in [0, 0.05) is 0 Å². The molecule has 0 saturated heterocycles. The predicted molar refractivity (Wildman–Crippen MR) is 90.8 cm³/mol. The van der Waals surface area contributed by atoms with Gasteiger partial charge >= 0.3 is 12.6 Å². The van der Waals surface area contributed by atoms with Crippen LogP contribution in [0.2, 0.25) is 0 Å². The van der Waals surface area contributed by atoms with Gasteiger partial charge in [0.25, 0.3) is 0 Å². The third-order valence-corrected chi connectivity index (χ3v) is 4.23. The van der Waals surface area contributed by atoms with E-state index in [-0.39, 0.29) is 39.6 Å². The number of rotatable bonds is 5. The average Bonchev–Trinajstić information content (AvgIpc) is 2.55. The number of allylic oxidation sites excluding steroid dienone is 2. The quantitative estimate of drug-likeness (QED) is 0.718. The molecule has 1 aromatic carbocycles. The molecule has 0 saturated carbocycles. The fourth-order valence-electron chi connectivity index (χ4n) is 2.58. The van der Waals surface area contributed by atoms with Crippen LogP contribution in [-0.2, 0) is 14.3 Å². The van der Waals surface area contributed by atoms with Gasteiger partial charge in [0.05, 0.1) is 22.6 Å². The molecule has 1 unspecified atom stereocenters. The smallest absolute Gasteiger partial charge is 0.387 e. The SMILES string of the molecule is CCOC(=O)C1=C(C)OC(N)=C(C#N)C1c1ccc(OC(F)F)c(Br)c1. The van der Waals surface area contributed by atoms with Gasteiger partial charge in [0.2, 0.25) is 5.88 Å². The van der Waals surface area contributed by atoms with E-state index >= 15 is 0 Å². The first-order valence-electron chi connectivity index (χ1n) is 7.49. The van der Waals surface area contributed by atoms with Gasteiger partial charge in [-0.2, -0.15) is 14.0 Å². The minimum absolute atomic E-state index is 0.0214. The molecule has 0 fully saturated rings. The zero-order chi connectivity index (χ0) is 19.4. The summed E-state index contributed by atoms with van der Waals surface area (Å²) in [5, 5.41) is 9.47. The molecule has 0 spiro atoms. The van der Waals surface area contributed by atoms with E-state index in [2.05, 4.69) is 20.7 Å². The minimum atomic E-state index is -2.98. The van der Waals surface area contributed by atoms with Gasteiger partial charge in [0.15, 0.2) is 0 Å². The van der Waals surface area contributed by atoms with Crippen LogP contribution in [-0.4, -0.2) is 19.2 Å². The zero-order valence-corrected chi connectivity index (χ0v) is 15.5. The monoisotopic (exact) mass is 428 g/mol. The summed E-state index contributed by atoms with van der Waals surface area (Å²) in [5.41, 5.74) is 6.39. The Kier molecular flexibility index (Phi) is 6.21. The number of hydrogen-bond acceptors (Lipinski definition) is 6. The molecular weight excluding hydrogens is 414 g/mol. The van der Waals surface area contributed by atoms with Crippen molar-refractivity contribution in [2.45, 2.75) is 26.4 Å². The highest BCUT2D eigenvalue weighted by Crippen LogP contribution is 2.41. The van der Waals surface area contributed by atoms with E-state index in [0.29, 0.717) is 5.56 Å². The van der Waals surface area contributed by atoms with Crippen molar-refractivity contribution in [3.05, 3.63) is 51.0 Å². The van der Waals surface area contributed by atoms with Gasteiger partial charge in [-0.15, -0.1) is 0 Å². The summed E-state index contributed by atoms with van der Waals surface area (Å²) in [6.07, 6.45) is 0. The fourth-order valence-corrected chi connectivity index (χ4v) is 3.07. The van der Waals surface area contributed by atoms with Crippen molar-refractivity contribution in [3.63, 3.8) is 0 Å². The Morgan fingerprint density at radius 1 is 1.50 bits per heavy atom. The van der Waals surface area contributed by atoms with Gasteiger partial charge in [-0.3, -0.25) is 0 Å². The number of carbonyl (C=O) groups is 1. The molecule has 9 heteroatoms. The van der Waals surface area contributed by atoms with Gasteiger partial charge in [-0.05, 0) is 47.5 Å². The molecule has 1 heterocycles. The van der Waals surface area contributed by atoms with E-state index in [4.69, 9.17) is 15.2 Å². The Hall–Kier alpha value is -2.60. The van der Waals surface area contributed by atoms with Crippen molar-refractivity contribution in [2.75, 3.05) is 6.61 Å². The Labute approximate surface area is 156 Å². The molecule has 2 N–H and O–H groups in total. The first-order valence-corrected chi connectivity index (χ1v) is 8.29. The first-order chi connectivity index (χ1) is 12.3. The maximum Gasteiger partial charge on any atom is 0.387 e. The van der Waals surface area contributed by atoms with Crippen LogP contribution in [0.3, 0.4) is 0 Å². The molecule has 0 amide bonds. The highest BCUT2D eigenvalue weighted by atomic mass is 79.9. The third kappa shape index (κ3) is 3.96. The number of ether oxygens (including phenoxy) is 3. The lowest BCUT2D eigenvalue weighted by Gasteiger charge is -2.27. The summed E-state index contributed by atoms with van der Waals surface area (Å²) in [5.74, 6) is -1.52. The number of carbonyl (C=O) groups excluding carboxylic acids is 1. The molecule has 0 radical (unpaired) electrons. The molecular formula is C17H15BrF2N2O4. The largest absolute Gasteiger partial charge is 0.463 e. The summed E-state index contributed by atoms with van der Waals surface area (Å²) in [4.78, 5) is 12.4. The molecule has 1 aliphatic heterocycles. The number of hydrogen-bond donors (Lipinski definition) is 1. The second kappa shape index (κ2) is 8.19. The summed E-state index contributed by atoms with van der Waals surface area (Å²) in [6, 6.07) is 6.19. The maximum atomic E-state index is 12.4. The van der Waals surface area contributed by atoms with Crippen LogP contribution in [0.15, 0.2) is 45.5 Å². The van der Waals surface area contributed by atoms with Crippen molar-refractivity contribution in [1.29, 1.82) is 5.26 Å². The number of halogens is 3. The molecule has 1 atom stereocenters. The molecule has 6 nitrogen and oxygen atoms in total. The average molecular weight is 429 g/mol. The lowest BCUT2D eigenvalue weighted by Crippen LogP contribution is -2.25. The van der Waals surface area contributed by atoms with Crippen molar-refractivity contribution >= 4 is 21.9 Å². The van der Waals surface area contributed by atoms with Gasteiger partial charge in [0.1, 0.15) is 23.2 Å². The number of alkyl halides is 2. The molecule has 0 aromatic heterocycles. The summed E-state index contributed by atoms with van der Waals surface area (Å²) in [6.45, 7) is 0.329. The van der Waals surface area contributed by atoms with Crippen LogP contribution in [0.5, 0.6) is 5.75 Å². The normalized spacial score (nSPS) is 17.0. The third-order valence-electron chi connectivity index (χ3n) is 3.61. The van der Waals surface area contributed by atoms with Crippen LogP contribution in [0.4, 0.5) is 8.78 Å². The van der Waals surface area contributed by atoms with E-state index in [1.807, 2.05) is 6.07 Å². The lowest BCUT2D eigenvalue weighted by atomic mass is 9.83. The molecule has 138 valence electrons. The van der Waals surface area contributed by atoms with E-state index in [9.17, 15) is 18.8 Å². The summed E-state index contributed by atoms with van der Waals surface area (Å²) >= 11 is 3.15. The van der Waals surface area contributed by atoms with Crippen LogP contribution in [0, 0.1) is 11.3 Å². The van der Waals surface area contributed by atoms with Crippen molar-refractivity contribution in [1.82, 2.24) is 0 Å². The molecule has 2 rings (SSSR count). The topological polar surface area (TPSA) is 94.6 Å². The van der Waals surface area contributed by atoms with E-state index < -0.39 is 18.5 Å². The second-order valence-corrected chi connectivity index (χ2v) is 6.04. The van der Waals surface area contributed by atoms with Crippen molar-refractivity contribution in [3.8, 4) is 11.8 Å². The van der Waals surface area contributed by atoms with E-state index in [1.165, 1.54) is 25.1 Å². The second-order valence-electron chi connectivity index (χ2n) is 5.18. The first kappa shape index (κ1) is 19.7. The molecule has 1 aromatic rings. The molecule has 0 aliphatic carbocycles. The highest BCUT2D eigenvalue weighted by molar-refractivity contribution is 9.10. The number of esters is 1. The number of benzene rings is 1. The lowest BCUT2D eigenvalue weighted by molar-refractivity contribution is -0.139. The predicted octanol–water partition coefficient (Wildman–Crippen LogP) is 3.70. The Morgan fingerprint density at radius 2 is 2.19 bits per heavy atom. The maximum absolute atomic E-state index is 12.4. The number of nitrogens with zero attached hydrogens (tertiary/aromatic N) is 1. The standard InChI is InChI=1S/C17H15BrF2N2O4/c1-3-24-16(23)13-8(2)25-15(22)10(7-21)14(13)9-4-5-12(11(18)6-9)26-17(19)20/h4-6,14,17H,3,22H2,1-2H3. The zero-order valence-electron chi connectivity index (χ0n) is 13.9. The van der Waals surface area contributed by atoms with E-state index in [1.54, 1.807) is 6.92 Å². The summed E-state index contributed by atoms with van der Waals surface area (Å²) in [7, 11) is 0. The minimum Gasteiger partial charge on any atom is -0.463 e. The van der Waals surface area contributed by atoms with E-state index in [0.717, 1.165) is 0 Å². The molecule has 26 heavy (non-hydrogen) atoms. The van der Waals surface area contributed by atoms with Gasteiger partial charge in [-0.1, -0.05) is 6.07 Å². The Morgan fingerprint density at radius 3 is 2.73 bits per heavy atom.